The van der Waals surface area contributed by atoms with Crippen molar-refractivity contribution in [1.82, 2.24) is 5.32 Å². The molecule has 0 aromatic heterocycles. The molecule has 1 atom stereocenters. The number of ketones is 1. The van der Waals surface area contributed by atoms with Gasteiger partial charge in [-0.2, -0.15) is 0 Å². The highest BCUT2D eigenvalue weighted by molar-refractivity contribution is 5.88. The van der Waals surface area contributed by atoms with Gasteiger partial charge in [-0.15, -0.1) is 0 Å². The third-order valence-electron chi connectivity index (χ3n) is 2.96. The van der Waals surface area contributed by atoms with Gasteiger partial charge in [0, 0.05) is 5.92 Å². The molecule has 1 N–H and O–H groups in total. The van der Waals surface area contributed by atoms with Crippen molar-refractivity contribution in [3.8, 4) is 0 Å². The first-order valence-corrected chi connectivity index (χ1v) is 6.38. The topological polar surface area (TPSA) is 55.4 Å². The molecule has 0 aliphatic heterocycles. The van der Waals surface area contributed by atoms with Gasteiger partial charge < -0.3 is 10.1 Å². The Morgan fingerprint density at radius 3 is 2.24 bits per heavy atom. The Hall–Kier alpha value is -1.06. The van der Waals surface area contributed by atoms with Crippen molar-refractivity contribution in [2.75, 3.05) is 6.61 Å². The highest BCUT2D eigenvalue weighted by Gasteiger charge is 2.28. The first kappa shape index (κ1) is 14.0. The van der Waals surface area contributed by atoms with Crippen LogP contribution in [0.5, 0.6) is 0 Å². The number of Topliss-reactive ketones (excluding diaryl/α,β-unsaturated/α-hetero) is 1. The molecule has 4 heteroatoms. The van der Waals surface area contributed by atoms with Crippen LogP contribution < -0.4 is 5.32 Å². The fourth-order valence-electron chi connectivity index (χ4n) is 1.57. The molecule has 1 amide bonds. The van der Waals surface area contributed by atoms with Crippen LogP contribution in [0, 0.1) is 17.8 Å². The summed E-state index contributed by atoms with van der Waals surface area (Å²) in [7, 11) is 0. The van der Waals surface area contributed by atoms with E-state index in [0.29, 0.717) is 12.5 Å². The van der Waals surface area contributed by atoms with Crippen molar-refractivity contribution >= 4 is 11.9 Å². The minimum absolute atomic E-state index is 0.0587. The van der Waals surface area contributed by atoms with Crippen LogP contribution in [0.3, 0.4) is 0 Å². The molecule has 0 aromatic carbocycles. The van der Waals surface area contributed by atoms with Crippen molar-refractivity contribution in [3.63, 3.8) is 0 Å². The van der Waals surface area contributed by atoms with Crippen molar-refractivity contribution in [1.29, 1.82) is 0 Å². The molecular formula is C13H23NO3. The van der Waals surface area contributed by atoms with E-state index < -0.39 is 12.1 Å². The summed E-state index contributed by atoms with van der Waals surface area (Å²) in [6, 6.07) is -0.443. The molecule has 1 aliphatic rings. The van der Waals surface area contributed by atoms with Crippen LogP contribution in [0.25, 0.3) is 0 Å². The van der Waals surface area contributed by atoms with Gasteiger partial charge in [-0.25, -0.2) is 4.79 Å². The van der Waals surface area contributed by atoms with Crippen LogP contribution in [-0.4, -0.2) is 24.5 Å². The molecule has 4 nitrogen and oxygen atoms in total. The van der Waals surface area contributed by atoms with Crippen LogP contribution in [0.1, 0.15) is 40.5 Å². The fourth-order valence-corrected chi connectivity index (χ4v) is 1.57. The second-order valence-corrected chi connectivity index (χ2v) is 5.46. The van der Waals surface area contributed by atoms with Crippen LogP contribution >= 0.6 is 0 Å². The normalized spacial score (nSPS) is 17.1. The Labute approximate surface area is 103 Å². The molecule has 0 saturated heterocycles. The number of amides is 1. The van der Waals surface area contributed by atoms with E-state index in [9.17, 15) is 9.59 Å². The highest BCUT2D eigenvalue weighted by atomic mass is 16.5. The number of carbonyl (C=O) groups is 2. The zero-order valence-corrected chi connectivity index (χ0v) is 11.2. The molecule has 1 rings (SSSR count). The Bertz CT molecular complexity index is 282. The summed E-state index contributed by atoms with van der Waals surface area (Å²) in [4.78, 5) is 23.4. The summed E-state index contributed by atoms with van der Waals surface area (Å²) in [6.07, 6.45) is 1.82. The zero-order valence-electron chi connectivity index (χ0n) is 11.2. The van der Waals surface area contributed by atoms with Gasteiger partial charge in [-0.1, -0.05) is 27.7 Å². The van der Waals surface area contributed by atoms with E-state index in [-0.39, 0.29) is 17.6 Å². The third kappa shape index (κ3) is 4.75. The van der Waals surface area contributed by atoms with E-state index in [1.54, 1.807) is 0 Å². The lowest BCUT2D eigenvalue weighted by atomic mass is 9.93. The summed E-state index contributed by atoms with van der Waals surface area (Å²) in [5.41, 5.74) is 0. The average Bonchev–Trinajstić information content (AvgIpc) is 3.05. The fraction of sp³-hybridized carbons (Fsp3) is 0.846. The van der Waals surface area contributed by atoms with Crippen molar-refractivity contribution in [3.05, 3.63) is 0 Å². The Balaban J connectivity index is 2.41. The first-order valence-electron chi connectivity index (χ1n) is 6.38. The molecule has 0 heterocycles. The average molecular weight is 241 g/mol. The Kier molecular flexibility index (Phi) is 4.97. The zero-order chi connectivity index (χ0) is 13.0. The molecule has 1 aliphatic carbocycles. The molecule has 0 radical (unpaired) electrons. The third-order valence-corrected chi connectivity index (χ3v) is 2.96. The molecule has 1 fully saturated rings. The summed E-state index contributed by atoms with van der Waals surface area (Å²) >= 11 is 0. The molecule has 0 aromatic rings. The lowest BCUT2D eigenvalue weighted by Crippen LogP contribution is -2.46. The molecule has 0 bridgehead atoms. The van der Waals surface area contributed by atoms with Gasteiger partial charge in [0.05, 0.1) is 12.6 Å². The van der Waals surface area contributed by atoms with Gasteiger partial charge in [0.25, 0.3) is 0 Å². The van der Waals surface area contributed by atoms with E-state index in [1.165, 1.54) is 0 Å². The van der Waals surface area contributed by atoms with Crippen molar-refractivity contribution in [2.24, 2.45) is 17.8 Å². The lowest BCUT2D eigenvalue weighted by Gasteiger charge is -2.22. The van der Waals surface area contributed by atoms with E-state index in [0.717, 1.165) is 12.8 Å². The van der Waals surface area contributed by atoms with E-state index >= 15 is 0 Å². The number of hydrogen-bond donors (Lipinski definition) is 1. The summed E-state index contributed by atoms with van der Waals surface area (Å²) in [5.74, 6) is 0.604. The Morgan fingerprint density at radius 1 is 1.24 bits per heavy atom. The first-order chi connectivity index (χ1) is 7.91. The van der Waals surface area contributed by atoms with Gasteiger partial charge in [0.2, 0.25) is 0 Å². The maximum absolute atomic E-state index is 11.9. The van der Waals surface area contributed by atoms with Crippen LogP contribution in [0.15, 0.2) is 0 Å². The van der Waals surface area contributed by atoms with Crippen molar-refractivity contribution in [2.45, 2.75) is 46.6 Å². The molecule has 0 spiro atoms. The number of hydrogen-bond acceptors (Lipinski definition) is 3. The second-order valence-electron chi connectivity index (χ2n) is 5.46. The lowest BCUT2D eigenvalue weighted by molar-refractivity contribution is -0.124. The minimum Gasteiger partial charge on any atom is -0.449 e. The molecule has 1 saturated carbocycles. The van der Waals surface area contributed by atoms with Gasteiger partial charge in [0.1, 0.15) is 0 Å². The predicted octanol–water partition coefficient (Wildman–Crippen LogP) is 2.37. The highest BCUT2D eigenvalue weighted by Crippen LogP contribution is 2.28. The van der Waals surface area contributed by atoms with Gasteiger partial charge in [-0.05, 0) is 24.7 Å². The van der Waals surface area contributed by atoms with E-state index in [4.69, 9.17) is 4.74 Å². The number of carbonyl (C=O) groups excluding carboxylic acids is 2. The molecule has 1 unspecified atom stereocenters. The smallest absolute Gasteiger partial charge is 0.407 e. The quantitative estimate of drug-likeness (QED) is 0.776. The van der Waals surface area contributed by atoms with Crippen LogP contribution in [0.4, 0.5) is 4.79 Å². The number of nitrogens with one attached hydrogen (secondary N) is 1. The number of alkyl carbamates (subject to hydrolysis) is 1. The van der Waals surface area contributed by atoms with Gasteiger partial charge in [0.15, 0.2) is 5.78 Å². The Morgan fingerprint density at radius 2 is 1.82 bits per heavy atom. The van der Waals surface area contributed by atoms with E-state index in [1.807, 2.05) is 27.7 Å². The maximum atomic E-state index is 11.9. The second kappa shape index (κ2) is 6.03. The summed E-state index contributed by atoms with van der Waals surface area (Å²) in [5, 5.41) is 2.67. The molecule has 17 heavy (non-hydrogen) atoms. The predicted molar refractivity (Wildman–Crippen MR) is 65.7 cm³/mol. The van der Waals surface area contributed by atoms with Crippen molar-refractivity contribution < 1.29 is 14.3 Å². The molecular weight excluding hydrogens is 218 g/mol. The number of rotatable bonds is 6. The maximum Gasteiger partial charge on any atom is 0.407 e. The monoisotopic (exact) mass is 241 g/mol. The SMILES string of the molecule is CC(C)C(=O)C(NC(=O)OCC1CC1)C(C)C. The van der Waals surface area contributed by atoms with Crippen LogP contribution in [-0.2, 0) is 9.53 Å². The van der Waals surface area contributed by atoms with Crippen LogP contribution in [0.2, 0.25) is 0 Å². The minimum atomic E-state index is -0.468. The standard InChI is InChI=1S/C13H23NO3/c1-8(2)11(12(15)9(3)4)14-13(16)17-7-10-5-6-10/h8-11H,5-7H2,1-4H3,(H,14,16). The molecule has 98 valence electrons. The summed E-state index contributed by atoms with van der Waals surface area (Å²) < 4.78 is 5.07. The van der Waals surface area contributed by atoms with Gasteiger partial charge >= 0.3 is 6.09 Å². The number of ether oxygens (including phenoxy) is 1. The summed E-state index contributed by atoms with van der Waals surface area (Å²) in [6.45, 7) is 8.01. The largest absolute Gasteiger partial charge is 0.449 e. The van der Waals surface area contributed by atoms with Gasteiger partial charge in [-0.3, -0.25) is 4.79 Å². The van der Waals surface area contributed by atoms with E-state index in [2.05, 4.69) is 5.32 Å².